The molecule has 5 nitrogen and oxygen atoms in total. The molecule has 0 saturated heterocycles. The molecule has 0 aliphatic rings. The van der Waals surface area contributed by atoms with Crippen molar-refractivity contribution in [2.24, 2.45) is 5.10 Å². The van der Waals surface area contributed by atoms with Gasteiger partial charge in [-0.3, -0.25) is 9.59 Å². The van der Waals surface area contributed by atoms with Crippen LogP contribution in [-0.4, -0.2) is 18.0 Å². The number of hydrogen-bond acceptors (Lipinski definition) is 4. The lowest BCUT2D eigenvalue weighted by atomic mass is 10.1. The summed E-state index contributed by atoms with van der Waals surface area (Å²) in [5, 5.41) is 8.32. The Morgan fingerprint density at radius 1 is 1.09 bits per heavy atom. The van der Waals surface area contributed by atoms with Crippen molar-refractivity contribution in [3.8, 4) is 0 Å². The highest BCUT2D eigenvalue weighted by Crippen LogP contribution is 2.16. The number of nitrogens with zero attached hydrogens (tertiary/aromatic N) is 1. The first-order valence-corrected chi connectivity index (χ1v) is 7.61. The van der Waals surface area contributed by atoms with Crippen molar-refractivity contribution < 1.29 is 9.59 Å². The number of thiophene rings is 1. The topological polar surface area (TPSA) is 70.6 Å². The van der Waals surface area contributed by atoms with Gasteiger partial charge in [0.1, 0.15) is 0 Å². The molecule has 0 saturated carbocycles. The van der Waals surface area contributed by atoms with Gasteiger partial charge in [-0.2, -0.15) is 5.10 Å². The van der Waals surface area contributed by atoms with Crippen molar-refractivity contribution in [1.29, 1.82) is 0 Å². The number of carbonyl (C=O) groups excluding carboxylic acids is 2. The molecule has 1 aromatic heterocycles. The minimum Gasteiger partial charge on any atom is -0.317 e. The molecule has 2 rings (SSSR count). The monoisotopic (exact) mass is 315 g/mol. The van der Waals surface area contributed by atoms with Crippen molar-refractivity contribution in [1.82, 2.24) is 5.43 Å². The van der Waals surface area contributed by atoms with Crippen LogP contribution in [0.2, 0.25) is 0 Å². The molecule has 2 amide bonds. The number of nitrogens with one attached hydrogen (secondary N) is 2. The lowest BCUT2D eigenvalue weighted by molar-refractivity contribution is -0.136. The molecule has 0 aliphatic carbocycles. The van der Waals surface area contributed by atoms with Gasteiger partial charge in [0.25, 0.3) is 0 Å². The third-order valence-corrected chi connectivity index (χ3v) is 4.05. The van der Waals surface area contributed by atoms with Gasteiger partial charge in [-0.05, 0) is 55.0 Å². The Bertz CT molecular complexity index is 735. The fourth-order valence-corrected chi connectivity index (χ4v) is 2.55. The van der Waals surface area contributed by atoms with Crippen molar-refractivity contribution in [2.45, 2.75) is 20.8 Å². The number of carbonyl (C=O) groups is 2. The van der Waals surface area contributed by atoms with Gasteiger partial charge in [-0.1, -0.05) is 12.1 Å². The summed E-state index contributed by atoms with van der Waals surface area (Å²) in [4.78, 5) is 24.5. The van der Waals surface area contributed by atoms with E-state index in [1.807, 2.05) is 50.4 Å². The van der Waals surface area contributed by atoms with Gasteiger partial charge in [0.15, 0.2) is 0 Å². The maximum Gasteiger partial charge on any atom is 0.329 e. The van der Waals surface area contributed by atoms with E-state index in [0.29, 0.717) is 5.69 Å². The zero-order valence-corrected chi connectivity index (χ0v) is 13.5. The first-order valence-electron chi connectivity index (χ1n) is 6.73. The van der Waals surface area contributed by atoms with Crippen LogP contribution < -0.4 is 10.7 Å². The third-order valence-electron chi connectivity index (χ3n) is 3.10. The molecule has 0 atom stereocenters. The lowest BCUT2D eigenvalue weighted by Crippen LogP contribution is -2.32. The highest BCUT2D eigenvalue weighted by atomic mass is 32.1. The Kier molecular flexibility index (Phi) is 5.06. The number of rotatable bonds is 3. The first-order chi connectivity index (χ1) is 10.5. The average Bonchev–Trinajstić information content (AvgIpc) is 2.88. The zero-order chi connectivity index (χ0) is 16.1. The van der Waals surface area contributed by atoms with Gasteiger partial charge in [0.05, 0.1) is 6.21 Å². The normalized spacial score (nSPS) is 10.7. The minimum atomic E-state index is -0.800. The number of anilines is 1. The summed E-state index contributed by atoms with van der Waals surface area (Å²) in [5.41, 5.74) is 5.82. The number of hydrazone groups is 1. The van der Waals surface area contributed by atoms with Crippen LogP contribution >= 0.6 is 11.3 Å². The third kappa shape index (κ3) is 4.02. The minimum absolute atomic E-state index is 0.623. The number of benzene rings is 1. The van der Waals surface area contributed by atoms with E-state index in [9.17, 15) is 9.59 Å². The van der Waals surface area contributed by atoms with Crippen LogP contribution in [0.4, 0.5) is 5.69 Å². The van der Waals surface area contributed by atoms with Crippen LogP contribution in [0.25, 0.3) is 0 Å². The second-order valence-electron chi connectivity index (χ2n) is 4.94. The van der Waals surface area contributed by atoms with Crippen LogP contribution in [0, 0.1) is 20.8 Å². The fraction of sp³-hybridized carbons (Fsp3) is 0.188. The zero-order valence-electron chi connectivity index (χ0n) is 12.6. The molecule has 2 N–H and O–H groups in total. The molecule has 0 unspecified atom stereocenters. The predicted octanol–water partition coefficient (Wildman–Crippen LogP) is 2.76. The maximum absolute atomic E-state index is 11.8. The van der Waals surface area contributed by atoms with E-state index in [4.69, 9.17) is 0 Å². The van der Waals surface area contributed by atoms with Crippen LogP contribution in [0.15, 0.2) is 34.7 Å². The average molecular weight is 315 g/mol. The molecule has 1 aromatic carbocycles. The van der Waals surface area contributed by atoms with Crippen molar-refractivity contribution in [3.63, 3.8) is 0 Å². The van der Waals surface area contributed by atoms with Crippen LogP contribution in [-0.2, 0) is 9.59 Å². The van der Waals surface area contributed by atoms with Gasteiger partial charge in [0.2, 0.25) is 0 Å². The second kappa shape index (κ2) is 7.00. The largest absolute Gasteiger partial charge is 0.329 e. The van der Waals surface area contributed by atoms with Gasteiger partial charge in [0, 0.05) is 10.6 Å². The molecule has 0 fully saturated rings. The standard InChI is InChI=1S/C16H17N3O2S/c1-10-4-5-11(2)13(8-10)18-15(20)16(21)19-17-9-14-12(3)6-7-22-14/h4-9H,1-3H3,(H,18,20)(H,19,21)/b17-9-. The quantitative estimate of drug-likeness (QED) is 0.519. The molecule has 0 aliphatic heterocycles. The van der Waals surface area contributed by atoms with Crippen molar-refractivity contribution in [2.75, 3.05) is 5.32 Å². The summed E-state index contributed by atoms with van der Waals surface area (Å²) in [6, 6.07) is 7.61. The Morgan fingerprint density at radius 2 is 1.86 bits per heavy atom. The van der Waals surface area contributed by atoms with E-state index < -0.39 is 11.8 Å². The van der Waals surface area contributed by atoms with E-state index in [1.54, 1.807) is 0 Å². The maximum atomic E-state index is 11.8. The van der Waals surface area contributed by atoms with E-state index in [0.717, 1.165) is 21.6 Å². The van der Waals surface area contributed by atoms with Crippen LogP contribution in [0.3, 0.4) is 0 Å². The predicted molar refractivity (Wildman–Crippen MR) is 89.3 cm³/mol. The molecule has 1 heterocycles. The summed E-state index contributed by atoms with van der Waals surface area (Å²) in [6.07, 6.45) is 1.53. The van der Waals surface area contributed by atoms with E-state index in [1.165, 1.54) is 17.6 Å². The summed E-state index contributed by atoms with van der Waals surface area (Å²) >= 11 is 1.51. The Labute approximate surface area is 133 Å². The number of aryl methyl sites for hydroxylation is 3. The first kappa shape index (κ1) is 15.9. The number of amides is 2. The Hall–Kier alpha value is -2.47. The van der Waals surface area contributed by atoms with E-state index in [2.05, 4.69) is 15.8 Å². The van der Waals surface area contributed by atoms with Gasteiger partial charge >= 0.3 is 11.8 Å². The summed E-state index contributed by atoms with van der Waals surface area (Å²) < 4.78 is 0. The summed E-state index contributed by atoms with van der Waals surface area (Å²) in [5.74, 6) is -1.54. The highest BCUT2D eigenvalue weighted by Gasteiger charge is 2.14. The summed E-state index contributed by atoms with van der Waals surface area (Å²) in [7, 11) is 0. The second-order valence-corrected chi connectivity index (χ2v) is 5.89. The molecule has 6 heteroatoms. The summed E-state index contributed by atoms with van der Waals surface area (Å²) in [6.45, 7) is 5.74. The van der Waals surface area contributed by atoms with Crippen LogP contribution in [0.5, 0.6) is 0 Å². The molecule has 0 spiro atoms. The van der Waals surface area contributed by atoms with E-state index in [-0.39, 0.29) is 0 Å². The van der Waals surface area contributed by atoms with Gasteiger partial charge in [-0.15, -0.1) is 11.3 Å². The number of hydrogen-bond donors (Lipinski definition) is 2. The van der Waals surface area contributed by atoms with Crippen LogP contribution in [0.1, 0.15) is 21.6 Å². The fourth-order valence-electron chi connectivity index (χ4n) is 1.77. The molecule has 2 aromatic rings. The van der Waals surface area contributed by atoms with Gasteiger partial charge in [-0.25, -0.2) is 5.43 Å². The smallest absolute Gasteiger partial charge is 0.317 e. The molecular formula is C16H17N3O2S. The Morgan fingerprint density at radius 3 is 2.55 bits per heavy atom. The SMILES string of the molecule is Cc1ccc(C)c(NC(=O)C(=O)N/N=C\c2sccc2C)c1. The highest BCUT2D eigenvalue weighted by molar-refractivity contribution is 7.11. The molecule has 22 heavy (non-hydrogen) atoms. The Balaban J connectivity index is 1.95. The molecule has 0 radical (unpaired) electrons. The molecule has 0 bridgehead atoms. The van der Waals surface area contributed by atoms with Gasteiger partial charge < -0.3 is 5.32 Å². The van der Waals surface area contributed by atoms with E-state index >= 15 is 0 Å². The lowest BCUT2D eigenvalue weighted by Gasteiger charge is -2.08. The van der Waals surface area contributed by atoms with Crippen molar-refractivity contribution >= 4 is 35.1 Å². The molecule has 114 valence electrons. The van der Waals surface area contributed by atoms with Crippen molar-refractivity contribution in [3.05, 3.63) is 51.2 Å². The molecular weight excluding hydrogens is 298 g/mol.